The summed E-state index contributed by atoms with van der Waals surface area (Å²) in [6.45, 7) is 7.60. The van der Waals surface area contributed by atoms with Gasteiger partial charge in [0, 0.05) is 17.5 Å². The van der Waals surface area contributed by atoms with Crippen LogP contribution in [0.3, 0.4) is 0 Å². The van der Waals surface area contributed by atoms with E-state index in [9.17, 15) is 9.59 Å². The van der Waals surface area contributed by atoms with Crippen LogP contribution in [0.1, 0.15) is 36.6 Å². The number of anilines is 1. The highest BCUT2D eigenvalue weighted by atomic mass is 32.2. The molecule has 0 bridgehead atoms. The Kier molecular flexibility index (Phi) is 7.07. The van der Waals surface area contributed by atoms with Crippen LogP contribution in [0.2, 0.25) is 0 Å². The second kappa shape index (κ2) is 10.2. The molecule has 34 heavy (non-hydrogen) atoms. The molecule has 8 heteroatoms. The number of allylic oxidation sites excluding steroid dienone is 1. The molecule has 7 nitrogen and oxygen atoms in total. The number of aryl methyl sites for hydroxylation is 2. The summed E-state index contributed by atoms with van der Waals surface area (Å²) in [5.41, 5.74) is 4.61. The number of benzene rings is 2. The zero-order valence-electron chi connectivity index (χ0n) is 19.6. The van der Waals surface area contributed by atoms with Crippen molar-refractivity contribution in [3.05, 3.63) is 82.0 Å². The molecule has 1 N–H and O–H groups in total. The Bertz CT molecular complexity index is 1220. The number of fused-ring (bicyclic) bond motifs is 1. The number of amides is 1. The molecule has 0 fully saturated rings. The predicted octanol–water partition coefficient (Wildman–Crippen LogP) is 5.09. The number of hydrogen-bond donors (Lipinski definition) is 1. The fraction of sp³-hybridized carbons (Fsp3) is 0.269. The van der Waals surface area contributed by atoms with Gasteiger partial charge in [0.25, 0.3) is 5.91 Å². The summed E-state index contributed by atoms with van der Waals surface area (Å²) in [5, 5.41) is 5.62. The third-order valence-corrected chi connectivity index (χ3v) is 6.33. The van der Waals surface area contributed by atoms with Gasteiger partial charge in [-0.2, -0.15) is 0 Å². The van der Waals surface area contributed by atoms with E-state index in [1.807, 2.05) is 73.7 Å². The number of ether oxygens (including phenoxy) is 2. The predicted molar refractivity (Wildman–Crippen MR) is 135 cm³/mol. The standard InChI is InChI=1S/C26H27N3O4S/c1-5-32-25(31)23-18(4)27-26-29(12-13-34-26)24(23)19-8-6-7-9-21(19)33-15-22(30)28-20-14-16(2)10-11-17(20)3/h6-14,24H,5,15H2,1-4H3,(H,28,30)/t24-/m1/s1. The number of aliphatic imine (C=N–C) groups is 1. The van der Waals surface area contributed by atoms with E-state index in [0.717, 1.165) is 27.5 Å². The molecule has 176 valence electrons. The molecule has 0 saturated heterocycles. The molecule has 0 unspecified atom stereocenters. The fourth-order valence-electron chi connectivity index (χ4n) is 3.91. The minimum atomic E-state index is -0.476. The second-order valence-electron chi connectivity index (χ2n) is 8.02. The molecule has 0 aliphatic carbocycles. The minimum Gasteiger partial charge on any atom is -0.483 e. The van der Waals surface area contributed by atoms with Crippen LogP contribution in [0.5, 0.6) is 5.75 Å². The van der Waals surface area contributed by atoms with Gasteiger partial charge in [-0.05, 0) is 56.4 Å². The normalized spacial score (nSPS) is 16.8. The van der Waals surface area contributed by atoms with Crippen molar-refractivity contribution >= 4 is 34.5 Å². The summed E-state index contributed by atoms with van der Waals surface area (Å²) in [6, 6.07) is 12.9. The molecule has 2 aromatic carbocycles. The number of esters is 1. The zero-order chi connectivity index (χ0) is 24.2. The van der Waals surface area contributed by atoms with Gasteiger partial charge < -0.3 is 19.7 Å². The highest BCUT2D eigenvalue weighted by Gasteiger charge is 2.38. The Morgan fingerprint density at radius 3 is 2.74 bits per heavy atom. The van der Waals surface area contributed by atoms with Crippen LogP contribution >= 0.6 is 11.8 Å². The van der Waals surface area contributed by atoms with Crippen molar-refractivity contribution in [2.45, 2.75) is 33.7 Å². The lowest BCUT2D eigenvalue weighted by atomic mass is 9.94. The third kappa shape index (κ3) is 4.87. The van der Waals surface area contributed by atoms with E-state index in [4.69, 9.17) is 9.47 Å². The summed E-state index contributed by atoms with van der Waals surface area (Å²) in [7, 11) is 0. The Labute approximate surface area is 203 Å². The van der Waals surface area contributed by atoms with E-state index in [1.54, 1.807) is 13.0 Å². The SMILES string of the molecule is CCOC(=O)C1=C(C)N=C2SC=CN2[C@@H]1c1ccccc1OCC(=O)Nc1cc(C)ccc1C. The summed E-state index contributed by atoms with van der Waals surface area (Å²) in [4.78, 5) is 32.1. The summed E-state index contributed by atoms with van der Waals surface area (Å²) in [5.74, 6) is -0.159. The molecular formula is C26H27N3O4S. The Hall–Kier alpha value is -3.52. The van der Waals surface area contributed by atoms with Crippen LogP contribution in [0.15, 0.2) is 70.3 Å². The number of para-hydroxylation sites is 1. The van der Waals surface area contributed by atoms with Crippen molar-refractivity contribution in [3.8, 4) is 5.75 Å². The molecule has 2 aliphatic heterocycles. The van der Waals surface area contributed by atoms with Gasteiger partial charge >= 0.3 is 5.97 Å². The van der Waals surface area contributed by atoms with Gasteiger partial charge in [0.15, 0.2) is 11.8 Å². The maximum atomic E-state index is 12.9. The van der Waals surface area contributed by atoms with E-state index in [1.165, 1.54) is 11.8 Å². The van der Waals surface area contributed by atoms with Crippen LogP contribution in [-0.4, -0.2) is 35.2 Å². The number of nitrogens with one attached hydrogen (secondary N) is 1. The van der Waals surface area contributed by atoms with Crippen molar-refractivity contribution < 1.29 is 19.1 Å². The Balaban J connectivity index is 1.60. The largest absolute Gasteiger partial charge is 0.483 e. The van der Waals surface area contributed by atoms with Crippen molar-refractivity contribution in [2.24, 2.45) is 4.99 Å². The lowest BCUT2D eigenvalue weighted by molar-refractivity contribution is -0.139. The van der Waals surface area contributed by atoms with Crippen molar-refractivity contribution in [3.63, 3.8) is 0 Å². The van der Waals surface area contributed by atoms with Crippen molar-refractivity contribution in [2.75, 3.05) is 18.5 Å². The molecule has 0 radical (unpaired) electrons. The monoisotopic (exact) mass is 477 g/mol. The molecule has 2 aromatic rings. The number of amidine groups is 1. The number of thioether (sulfide) groups is 1. The quantitative estimate of drug-likeness (QED) is 0.560. The van der Waals surface area contributed by atoms with Crippen LogP contribution in [0, 0.1) is 13.8 Å². The van der Waals surface area contributed by atoms with Gasteiger partial charge in [0.2, 0.25) is 0 Å². The van der Waals surface area contributed by atoms with Crippen molar-refractivity contribution in [1.82, 2.24) is 4.90 Å². The highest BCUT2D eigenvalue weighted by Crippen LogP contribution is 2.43. The lowest BCUT2D eigenvalue weighted by Crippen LogP contribution is -2.34. The molecule has 0 spiro atoms. The summed E-state index contributed by atoms with van der Waals surface area (Å²) in [6.07, 6.45) is 1.89. The summed E-state index contributed by atoms with van der Waals surface area (Å²) >= 11 is 1.49. The Morgan fingerprint density at radius 1 is 1.15 bits per heavy atom. The molecule has 1 amide bonds. The van der Waals surface area contributed by atoms with E-state index in [2.05, 4.69) is 10.3 Å². The topological polar surface area (TPSA) is 80.2 Å². The first-order chi connectivity index (χ1) is 16.4. The lowest BCUT2D eigenvalue weighted by Gasteiger charge is -2.34. The molecule has 2 aliphatic rings. The van der Waals surface area contributed by atoms with E-state index >= 15 is 0 Å². The maximum absolute atomic E-state index is 12.9. The highest BCUT2D eigenvalue weighted by molar-refractivity contribution is 8.16. The van der Waals surface area contributed by atoms with Gasteiger partial charge in [-0.15, -0.1) is 0 Å². The maximum Gasteiger partial charge on any atom is 0.338 e. The first-order valence-electron chi connectivity index (χ1n) is 11.1. The molecule has 0 aromatic heterocycles. The number of carbonyl (C=O) groups is 2. The van der Waals surface area contributed by atoms with Crippen LogP contribution in [0.4, 0.5) is 5.69 Å². The van der Waals surface area contributed by atoms with Gasteiger partial charge in [-0.1, -0.05) is 42.1 Å². The average Bonchev–Trinajstić information content (AvgIpc) is 3.27. The van der Waals surface area contributed by atoms with Crippen LogP contribution < -0.4 is 10.1 Å². The Morgan fingerprint density at radius 2 is 1.94 bits per heavy atom. The molecule has 2 heterocycles. The average molecular weight is 478 g/mol. The van der Waals surface area contributed by atoms with Gasteiger partial charge in [0.1, 0.15) is 5.75 Å². The molecule has 0 saturated carbocycles. The van der Waals surface area contributed by atoms with E-state index in [-0.39, 0.29) is 19.1 Å². The first kappa shape index (κ1) is 23.6. The first-order valence-corrected chi connectivity index (χ1v) is 11.9. The number of nitrogens with zero attached hydrogens (tertiary/aromatic N) is 2. The number of rotatable bonds is 7. The summed E-state index contributed by atoms with van der Waals surface area (Å²) < 4.78 is 11.3. The minimum absolute atomic E-state index is 0.167. The molecule has 4 rings (SSSR count). The number of carbonyl (C=O) groups excluding carboxylic acids is 2. The smallest absolute Gasteiger partial charge is 0.338 e. The third-order valence-electron chi connectivity index (χ3n) is 5.56. The zero-order valence-corrected chi connectivity index (χ0v) is 20.4. The van der Waals surface area contributed by atoms with E-state index < -0.39 is 12.0 Å². The number of hydrogen-bond acceptors (Lipinski definition) is 7. The van der Waals surface area contributed by atoms with Gasteiger partial charge in [0.05, 0.1) is 23.9 Å². The second-order valence-corrected chi connectivity index (χ2v) is 8.89. The van der Waals surface area contributed by atoms with E-state index in [0.29, 0.717) is 17.0 Å². The van der Waals surface area contributed by atoms with Crippen LogP contribution in [0.25, 0.3) is 0 Å². The van der Waals surface area contributed by atoms with Gasteiger partial charge in [-0.25, -0.2) is 9.79 Å². The molecular weight excluding hydrogens is 450 g/mol. The van der Waals surface area contributed by atoms with Gasteiger partial charge in [-0.3, -0.25) is 4.79 Å². The molecule has 1 atom stereocenters. The van der Waals surface area contributed by atoms with Crippen molar-refractivity contribution in [1.29, 1.82) is 0 Å². The fourth-order valence-corrected chi connectivity index (χ4v) is 4.71. The van der Waals surface area contributed by atoms with Crippen LogP contribution in [-0.2, 0) is 14.3 Å².